The molecule has 0 aliphatic carbocycles. The zero-order valence-electron chi connectivity index (χ0n) is 6.52. The van der Waals surface area contributed by atoms with E-state index < -0.39 is 11.9 Å². The summed E-state index contributed by atoms with van der Waals surface area (Å²) in [7, 11) is 0. The summed E-state index contributed by atoms with van der Waals surface area (Å²) >= 11 is 0. The van der Waals surface area contributed by atoms with Crippen molar-refractivity contribution in [3.05, 3.63) is 35.4 Å². The summed E-state index contributed by atoms with van der Waals surface area (Å²) in [4.78, 5) is 20.7. The Morgan fingerprint density at radius 2 is 1.08 bits per heavy atom. The maximum absolute atomic E-state index is 10.3. The predicted molar refractivity (Wildman–Crippen MR) is 40.4 cm³/mol. The van der Waals surface area contributed by atoms with Gasteiger partial charge in [-0.25, -0.2) is 9.59 Å². The van der Waals surface area contributed by atoms with E-state index in [4.69, 9.17) is 10.2 Å². The first kappa shape index (κ1) is 12.0. The number of carboxylic acid groups (broad SMARTS) is 2. The Balaban J connectivity index is 0.00000144. The van der Waals surface area contributed by atoms with Gasteiger partial charge in [-0.15, -0.1) is 0 Å². The van der Waals surface area contributed by atoms with Gasteiger partial charge < -0.3 is 10.2 Å². The van der Waals surface area contributed by atoms with Crippen LogP contribution in [-0.4, -0.2) is 22.2 Å². The topological polar surface area (TPSA) is 74.6 Å². The molecule has 0 heterocycles. The molecule has 0 atom stereocenters. The van der Waals surface area contributed by atoms with Crippen LogP contribution in [0.3, 0.4) is 0 Å². The van der Waals surface area contributed by atoms with Crippen molar-refractivity contribution < 1.29 is 46.0 Å². The molecule has 4 nitrogen and oxygen atoms in total. The van der Waals surface area contributed by atoms with Crippen LogP contribution in [0.5, 0.6) is 0 Å². The average Bonchev–Trinajstić information content (AvgIpc) is 2.04. The summed E-state index contributed by atoms with van der Waals surface area (Å²) in [6.07, 6.45) is 0. The molecule has 13 heavy (non-hydrogen) atoms. The van der Waals surface area contributed by atoms with Crippen LogP contribution in [0.15, 0.2) is 24.3 Å². The molecule has 2 N–H and O–H groups in total. The van der Waals surface area contributed by atoms with E-state index >= 15 is 0 Å². The third kappa shape index (κ3) is 3.11. The first-order valence-corrected chi connectivity index (χ1v) is 3.18. The second-order valence-electron chi connectivity index (χ2n) is 2.19. The van der Waals surface area contributed by atoms with E-state index in [1.54, 1.807) is 0 Å². The molecule has 66 valence electrons. The van der Waals surface area contributed by atoms with Crippen LogP contribution in [0.2, 0.25) is 0 Å². The quantitative estimate of drug-likeness (QED) is 0.831. The summed E-state index contributed by atoms with van der Waals surface area (Å²) in [6, 6.07) is 5.02. The van der Waals surface area contributed by atoms with Gasteiger partial charge in [0.25, 0.3) is 0 Å². The van der Waals surface area contributed by atoms with E-state index in [1.807, 2.05) is 0 Å². The van der Waals surface area contributed by atoms with Crippen LogP contribution in [0, 0.1) is 0 Å². The summed E-state index contributed by atoms with van der Waals surface area (Å²) in [5, 5.41) is 16.9. The Morgan fingerprint density at radius 1 is 0.846 bits per heavy atom. The van der Waals surface area contributed by atoms with Gasteiger partial charge in [-0.05, 0) is 24.3 Å². The van der Waals surface area contributed by atoms with Gasteiger partial charge in [-0.2, -0.15) is 0 Å². The van der Waals surface area contributed by atoms with Gasteiger partial charge in [0.15, 0.2) is 0 Å². The first-order chi connectivity index (χ1) is 5.61. The van der Waals surface area contributed by atoms with Gasteiger partial charge >= 0.3 is 11.9 Å². The van der Waals surface area contributed by atoms with Crippen molar-refractivity contribution >= 4 is 11.9 Å². The van der Waals surface area contributed by atoms with E-state index in [1.165, 1.54) is 24.3 Å². The SMILES string of the molecule is O=C(O)c1ccc(C(=O)O)cc1.[Zr]. The van der Waals surface area contributed by atoms with Crippen LogP contribution in [0.4, 0.5) is 0 Å². The smallest absolute Gasteiger partial charge is 0.335 e. The number of carboxylic acids is 2. The molecule has 0 aromatic heterocycles. The van der Waals surface area contributed by atoms with Crippen LogP contribution in [0.25, 0.3) is 0 Å². The van der Waals surface area contributed by atoms with E-state index in [9.17, 15) is 9.59 Å². The second kappa shape index (κ2) is 4.92. The van der Waals surface area contributed by atoms with Crippen LogP contribution in [0.1, 0.15) is 20.7 Å². The Labute approximate surface area is 93.3 Å². The maximum atomic E-state index is 10.3. The monoisotopic (exact) mass is 256 g/mol. The molecule has 5 heteroatoms. The zero-order valence-corrected chi connectivity index (χ0v) is 8.98. The molecule has 0 saturated heterocycles. The molecule has 0 unspecified atom stereocenters. The van der Waals surface area contributed by atoms with Crippen molar-refractivity contribution in [3.8, 4) is 0 Å². The number of rotatable bonds is 2. The van der Waals surface area contributed by atoms with Crippen LogP contribution < -0.4 is 0 Å². The zero-order chi connectivity index (χ0) is 9.14. The summed E-state index contributed by atoms with van der Waals surface area (Å²) in [6.45, 7) is 0. The molecule has 1 rings (SSSR count). The minimum Gasteiger partial charge on any atom is -0.478 e. The van der Waals surface area contributed by atoms with E-state index in [2.05, 4.69) is 0 Å². The van der Waals surface area contributed by atoms with Gasteiger partial charge in [0.1, 0.15) is 0 Å². The standard InChI is InChI=1S/C8H6O4.Zr/c9-7(10)5-1-2-6(4-3-5)8(11)12;/h1-4H,(H,9,10)(H,11,12);. The largest absolute Gasteiger partial charge is 0.478 e. The van der Waals surface area contributed by atoms with Crippen LogP contribution in [-0.2, 0) is 26.2 Å². The number of aromatic carboxylic acids is 2. The molecule has 0 amide bonds. The van der Waals surface area contributed by atoms with Crippen molar-refractivity contribution in [3.63, 3.8) is 0 Å². The molecule has 1 aromatic carbocycles. The van der Waals surface area contributed by atoms with E-state index in [0.29, 0.717) is 0 Å². The predicted octanol–water partition coefficient (Wildman–Crippen LogP) is 1.08. The number of hydrogen-bond donors (Lipinski definition) is 2. The minimum atomic E-state index is -1.06. The fourth-order valence-corrected chi connectivity index (χ4v) is 0.755. The Hall–Kier alpha value is -0.957. The Morgan fingerprint density at radius 3 is 1.23 bits per heavy atom. The maximum Gasteiger partial charge on any atom is 0.335 e. The number of benzene rings is 1. The molecule has 1 aromatic rings. The van der Waals surface area contributed by atoms with E-state index in [-0.39, 0.29) is 37.3 Å². The molecular weight excluding hydrogens is 251 g/mol. The van der Waals surface area contributed by atoms with Gasteiger partial charge in [-0.1, -0.05) is 0 Å². The molecule has 0 bridgehead atoms. The number of hydrogen-bond acceptors (Lipinski definition) is 2. The molecule has 0 aliphatic rings. The third-order valence-corrected chi connectivity index (χ3v) is 1.38. The van der Waals surface area contributed by atoms with Crippen LogP contribution >= 0.6 is 0 Å². The molecule has 0 spiro atoms. The molecular formula is C8H6O4Zr. The fourth-order valence-electron chi connectivity index (χ4n) is 0.755. The number of carbonyl (C=O) groups is 2. The van der Waals surface area contributed by atoms with Crippen molar-refractivity contribution in [2.24, 2.45) is 0 Å². The van der Waals surface area contributed by atoms with Crippen molar-refractivity contribution in [2.45, 2.75) is 0 Å². The van der Waals surface area contributed by atoms with Crippen molar-refractivity contribution in [1.82, 2.24) is 0 Å². The Bertz CT molecular complexity index is 284. The molecule has 0 aliphatic heterocycles. The molecule has 0 radical (unpaired) electrons. The van der Waals surface area contributed by atoms with Gasteiger partial charge in [0.2, 0.25) is 0 Å². The van der Waals surface area contributed by atoms with Gasteiger partial charge in [-0.3, -0.25) is 0 Å². The van der Waals surface area contributed by atoms with Gasteiger partial charge in [0.05, 0.1) is 11.1 Å². The van der Waals surface area contributed by atoms with Gasteiger partial charge in [0, 0.05) is 26.2 Å². The third-order valence-electron chi connectivity index (χ3n) is 1.38. The molecule has 0 fully saturated rings. The summed E-state index contributed by atoms with van der Waals surface area (Å²) < 4.78 is 0. The molecule has 0 saturated carbocycles. The average molecular weight is 257 g/mol. The first-order valence-electron chi connectivity index (χ1n) is 3.18. The van der Waals surface area contributed by atoms with Crippen molar-refractivity contribution in [2.75, 3.05) is 0 Å². The fraction of sp³-hybridized carbons (Fsp3) is 0. The normalized spacial score (nSPS) is 8.62. The Kier molecular flexibility index (Phi) is 4.56. The summed E-state index contributed by atoms with van der Waals surface area (Å²) in [5.74, 6) is -2.13. The summed E-state index contributed by atoms with van der Waals surface area (Å²) in [5.41, 5.74) is 0.167. The minimum absolute atomic E-state index is 0. The van der Waals surface area contributed by atoms with E-state index in [0.717, 1.165) is 0 Å². The second-order valence-corrected chi connectivity index (χ2v) is 2.19. The van der Waals surface area contributed by atoms with Crippen molar-refractivity contribution in [1.29, 1.82) is 0 Å².